The first-order valence-electron chi connectivity index (χ1n) is 9.56. The van der Waals surface area contributed by atoms with Gasteiger partial charge in [0.2, 0.25) is 0 Å². The van der Waals surface area contributed by atoms with E-state index >= 15 is 0 Å². The Balaban J connectivity index is 0. The van der Waals surface area contributed by atoms with Gasteiger partial charge in [-0.15, -0.1) is 12.4 Å². The molecule has 0 fully saturated rings. The van der Waals surface area contributed by atoms with Gasteiger partial charge in [-0.3, -0.25) is 0 Å². The third-order valence-corrected chi connectivity index (χ3v) is 5.35. The van der Waals surface area contributed by atoms with E-state index in [4.69, 9.17) is 6.40 Å². The predicted molar refractivity (Wildman–Crippen MR) is 101 cm³/mol. The summed E-state index contributed by atoms with van der Waals surface area (Å²) in [5.41, 5.74) is 0. The third-order valence-electron chi connectivity index (χ3n) is 4.20. The molecule has 0 aliphatic rings. The Morgan fingerprint density at radius 1 is 0.652 bits per heavy atom. The molecule has 0 rings (SSSR count). The molecule has 3 nitrogen and oxygen atoms in total. The maximum absolute atomic E-state index is 10.4. The molecule has 0 atom stereocenters. The average Bonchev–Trinajstić information content (AvgIpc) is 2.50. The van der Waals surface area contributed by atoms with Crippen molar-refractivity contribution in [1.29, 1.82) is 0 Å². The second-order valence-corrected chi connectivity index (χ2v) is 8.47. The maximum Gasteiger partial charge on any atom is -0.147 e. The first-order chi connectivity index (χ1) is 10.8. The maximum atomic E-state index is 10.4. The number of rotatable bonds is 18. The molecule has 0 aliphatic carbocycles. The summed E-state index contributed by atoms with van der Waals surface area (Å²) in [5, 5.41) is 0. The van der Waals surface area contributed by atoms with E-state index in [0.29, 0.717) is 6.61 Å². The predicted octanol–water partition coefficient (Wildman–Crippen LogP) is 6.09. The van der Waals surface area contributed by atoms with Gasteiger partial charge in [0.05, 0.1) is 0 Å². The Kier molecular flexibility index (Phi) is 25.9. The first-order valence-corrected chi connectivity index (χ1v) is 12.8. The van der Waals surface area contributed by atoms with Gasteiger partial charge in [0, 0.05) is 0 Å². The van der Waals surface area contributed by atoms with Crippen molar-refractivity contribution in [2.75, 3.05) is 6.61 Å². The summed E-state index contributed by atoms with van der Waals surface area (Å²) < 4.78 is 23.7. The topological polar surface area (TPSA) is 46.5 Å². The van der Waals surface area contributed by atoms with Gasteiger partial charge in [-0.1, -0.05) is 45.4 Å². The SMILES string of the molecule is CCCCCCCCCCCCCCCCCC[O][Sb](=[O])[OH].Cl. The fourth-order valence-corrected chi connectivity index (χ4v) is 3.61. The molecule has 23 heavy (non-hydrogen) atoms. The zero-order chi connectivity index (χ0) is 16.3. The van der Waals surface area contributed by atoms with Crippen molar-refractivity contribution in [3.05, 3.63) is 0 Å². The molecule has 0 saturated heterocycles. The van der Waals surface area contributed by atoms with Gasteiger partial charge in [0.1, 0.15) is 0 Å². The monoisotopic (exact) mass is 459 g/mol. The molecule has 0 bridgehead atoms. The van der Waals surface area contributed by atoms with E-state index in [9.17, 15) is 3.02 Å². The molecule has 0 aliphatic heterocycles. The molecule has 1 radical (unpaired) electrons. The largest absolute Gasteiger partial charge is 0.147 e. The Morgan fingerprint density at radius 3 is 1.26 bits per heavy atom. The van der Waals surface area contributed by atoms with Crippen LogP contribution in [-0.2, 0) is 6.03 Å². The van der Waals surface area contributed by atoms with Crippen LogP contribution < -0.4 is 0 Å². The average molecular weight is 461 g/mol. The van der Waals surface area contributed by atoms with E-state index in [0.717, 1.165) is 12.8 Å². The molecule has 0 aromatic rings. The number of halogens is 1. The summed E-state index contributed by atoms with van der Waals surface area (Å²) in [6, 6.07) is 0. The van der Waals surface area contributed by atoms with Crippen LogP contribution in [-0.4, -0.2) is 31.0 Å². The molecule has 0 aromatic carbocycles. The van der Waals surface area contributed by atoms with Crippen molar-refractivity contribution in [3.63, 3.8) is 0 Å². The summed E-state index contributed by atoms with van der Waals surface area (Å²) in [7, 11) is 0. The molecule has 0 unspecified atom stereocenters. The van der Waals surface area contributed by atoms with Gasteiger partial charge in [-0.2, -0.15) is 0 Å². The smallest absolute Gasteiger partial charge is 0.147 e. The van der Waals surface area contributed by atoms with Crippen LogP contribution in [0.5, 0.6) is 0 Å². The van der Waals surface area contributed by atoms with Gasteiger partial charge in [0.15, 0.2) is 0 Å². The van der Waals surface area contributed by atoms with E-state index in [1.54, 1.807) is 0 Å². The number of hydrogen-bond donors (Lipinski definition) is 1. The fourth-order valence-electron chi connectivity index (χ4n) is 2.79. The van der Waals surface area contributed by atoms with Crippen LogP contribution >= 0.6 is 12.4 Å². The van der Waals surface area contributed by atoms with E-state index in [2.05, 4.69) is 6.92 Å². The van der Waals surface area contributed by atoms with Gasteiger partial charge < -0.3 is 0 Å². The fraction of sp³-hybridized carbons (Fsp3) is 1.00. The minimum absolute atomic E-state index is 0. The van der Waals surface area contributed by atoms with Crippen molar-refractivity contribution in [2.24, 2.45) is 0 Å². The molecular formula is C18H39ClO3Sb. The van der Waals surface area contributed by atoms with Crippen LogP contribution in [0.1, 0.15) is 110 Å². The van der Waals surface area contributed by atoms with Crippen LogP contribution in [0.4, 0.5) is 0 Å². The van der Waals surface area contributed by atoms with Gasteiger partial charge in [-0.25, -0.2) is 0 Å². The van der Waals surface area contributed by atoms with Crippen LogP contribution in [0.15, 0.2) is 0 Å². The van der Waals surface area contributed by atoms with Crippen molar-refractivity contribution in [1.82, 2.24) is 0 Å². The van der Waals surface area contributed by atoms with E-state index < -0.39 is 21.0 Å². The third kappa shape index (κ3) is 25.2. The minimum Gasteiger partial charge on any atom is -0.147 e. The Bertz CT molecular complexity index is 240. The Labute approximate surface area is 158 Å². The quantitative estimate of drug-likeness (QED) is 0.199. The molecule has 0 amide bonds. The molecule has 5 heteroatoms. The van der Waals surface area contributed by atoms with Crippen LogP contribution in [0.3, 0.4) is 0 Å². The molecule has 0 heterocycles. The van der Waals surface area contributed by atoms with Crippen molar-refractivity contribution >= 4 is 33.4 Å². The number of unbranched alkanes of at least 4 members (excludes halogenated alkanes) is 15. The molecule has 141 valence electrons. The normalized spacial score (nSPS) is 10.5. The summed E-state index contributed by atoms with van der Waals surface area (Å²) >= 11 is -3.39. The van der Waals surface area contributed by atoms with E-state index in [-0.39, 0.29) is 12.4 Å². The second-order valence-electron chi connectivity index (χ2n) is 6.37. The number of hydrogen-bond acceptors (Lipinski definition) is 2. The molecule has 0 saturated carbocycles. The molecular weight excluding hydrogens is 421 g/mol. The van der Waals surface area contributed by atoms with Crippen molar-refractivity contribution < 1.29 is 9.42 Å². The van der Waals surface area contributed by atoms with Gasteiger partial charge >= 0.3 is 101 Å². The summed E-state index contributed by atoms with van der Waals surface area (Å²) in [6.07, 6.45) is 21.5. The summed E-state index contributed by atoms with van der Waals surface area (Å²) in [5.74, 6) is 0. The Hall–Kier alpha value is 0.828. The zero-order valence-corrected chi connectivity index (χ0v) is 18.5. The molecule has 0 spiro atoms. The van der Waals surface area contributed by atoms with Gasteiger partial charge in [0.25, 0.3) is 0 Å². The summed E-state index contributed by atoms with van der Waals surface area (Å²) in [6.45, 7) is 2.75. The second kappa shape index (κ2) is 22.8. The first kappa shape index (κ1) is 26.1. The Morgan fingerprint density at radius 2 is 0.957 bits per heavy atom. The summed E-state index contributed by atoms with van der Waals surface area (Å²) in [4.78, 5) is 0. The zero-order valence-electron chi connectivity index (χ0n) is 15.1. The standard InChI is InChI=1S/C18H37O.ClH.H2O.O.Sb/c1-2-3-4-5-6-7-8-9-10-11-12-13-14-15-16-17-18-19;;;;/h2-18H2,1H3;1H;1H2;;/q-1;;;;+2/p-1. The van der Waals surface area contributed by atoms with Crippen molar-refractivity contribution in [2.45, 2.75) is 110 Å². The van der Waals surface area contributed by atoms with Crippen LogP contribution in [0.2, 0.25) is 0 Å². The molecule has 0 aromatic heterocycles. The molecule has 1 N–H and O–H groups in total. The van der Waals surface area contributed by atoms with Crippen LogP contribution in [0.25, 0.3) is 0 Å². The minimum atomic E-state index is -3.39. The van der Waals surface area contributed by atoms with Crippen LogP contribution in [0, 0.1) is 0 Å². The van der Waals surface area contributed by atoms with Gasteiger partial charge in [-0.05, 0) is 0 Å². The van der Waals surface area contributed by atoms with E-state index in [1.807, 2.05) is 0 Å². The van der Waals surface area contributed by atoms with E-state index in [1.165, 1.54) is 89.9 Å². The van der Waals surface area contributed by atoms with Crippen molar-refractivity contribution in [3.8, 4) is 0 Å².